The predicted molar refractivity (Wildman–Crippen MR) is 187 cm³/mol. The first-order chi connectivity index (χ1) is 20.5. The Labute approximate surface area is 276 Å². The molecule has 6 nitrogen and oxygen atoms in total. The maximum absolute atomic E-state index is 12.4. The van der Waals surface area contributed by atoms with Crippen LogP contribution in [0, 0.1) is 24.7 Å². The molecule has 0 aliphatic heterocycles. The molecule has 0 heterocycles. The highest BCUT2D eigenvalue weighted by atomic mass is 32.2. The van der Waals surface area contributed by atoms with Gasteiger partial charge < -0.3 is 19.7 Å². The maximum atomic E-state index is 12.4. The van der Waals surface area contributed by atoms with Gasteiger partial charge in [0, 0.05) is 22.3 Å². The van der Waals surface area contributed by atoms with E-state index in [9.17, 15) is 19.8 Å². The molecule has 0 fully saturated rings. The molecule has 0 saturated carbocycles. The number of thioether (sulfide) groups is 1. The van der Waals surface area contributed by atoms with Crippen LogP contribution < -0.4 is 0 Å². The van der Waals surface area contributed by atoms with Crippen molar-refractivity contribution < 1.29 is 29.3 Å². The monoisotopic (exact) mass is 642 g/mol. The zero-order chi connectivity index (χ0) is 34.4. The van der Waals surface area contributed by atoms with Crippen LogP contribution in [-0.2, 0) is 42.7 Å². The van der Waals surface area contributed by atoms with Crippen LogP contribution in [0.3, 0.4) is 0 Å². The molecule has 0 aliphatic carbocycles. The fraction of sp³-hybridized carbons (Fsp3) is 0.632. The van der Waals surface area contributed by atoms with Crippen LogP contribution in [-0.4, -0.2) is 46.9 Å². The minimum atomic E-state index is -0.255. The Morgan fingerprint density at radius 3 is 1.27 bits per heavy atom. The van der Waals surface area contributed by atoms with E-state index in [4.69, 9.17) is 9.47 Å². The van der Waals surface area contributed by atoms with Gasteiger partial charge in [0.2, 0.25) is 0 Å². The van der Waals surface area contributed by atoms with Gasteiger partial charge in [0.15, 0.2) is 0 Å². The molecule has 0 amide bonds. The first-order valence-electron chi connectivity index (χ1n) is 16.1. The molecule has 7 heteroatoms. The summed E-state index contributed by atoms with van der Waals surface area (Å²) in [6.45, 7) is 25.3. The smallest absolute Gasteiger partial charge is 0.306 e. The van der Waals surface area contributed by atoms with Crippen molar-refractivity contribution in [1.29, 1.82) is 0 Å². The number of aromatic hydroxyl groups is 2. The van der Waals surface area contributed by atoms with Crippen molar-refractivity contribution in [2.45, 2.75) is 120 Å². The topological polar surface area (TPSA) is 93.1 Å². The Kier molecular flexibility index (Phi) is 13.1. The molecule has 2 N–H and O–H groups in total. The van der Waals surface area contributed by atoms with Crippen LogP contribution >= 0.6 is 11.8 Å². The summed E-state index contributed by atoms with van der Waals surface area (Å²) < 4.78 is 11.2. The van der Waals surface area contributed by atoms with E-state index >= 15 is 0 Å². The molecular weight excluding hydrogens is 584 g/mol. The number of esters is 2. The first-order valence-corrected chi connectivity index (χ1v) is 17.2. The van der Waals surface area contributed by atoms with Crippen LogP contribution in [0.1, 0.15) is 115 Å². The number of carbonyl (C=O) groups excluding carboxylic acids is 2. The van der Waals surface area contributed by atoms with Gasteiger partial charge in [0.05, 0.1) is 26.1 Å². The van der Waals surface area contributed by atoms with E-state index in [0.29, 0.717) is 36.2 Å². The van der Waals surface area contributed by atoms with Crippen molar-refractivity contribution in [3.05, 3.63) is 57.6 Å². The molecule has 45 heavy (non-hydrogen) atoms. The van der Waals surface area contributed by atoms with E-state index in [1.165, 1.54) is 0 Å². The fourth-order valence-electron chi connectivity index (χ4n) is 5.37. The average Bonchev–Trinajstić information content (AvgIpc) is 2.88. The number of hydrogen-bond donors (Lipinski definition) is 2. The number of aryl methyl sites for hydroxylation is 2. The Hall–Kier alpha value is -2.67. The van der Waals surface area contributed by atoms with E-state index in [-0.39, 0.29) is 46.4 Å². The Balaban J connectivity index is 1.73. The van der Waals surface area contributed by atoms with Gasteiger partial charge >= 0.3 is 11.9 Å². The number of carbonyl (C=O) groups is 2. The molecule has 0 spiro atoms. The normalized spacial score (nSPS) is 12.7. The second kappa shape index (κ2) is 15.3. The molecule has 2 rings (SSSR count). The molecule has 0 bridgehead atoms. The number of benzene rings is 2. The highest BCUT2D eigenvalue weighted by molar-refractivity contribution is 7.99. The van der Waals surface area contributed by atoms with E-state index in [0.717, 1.165) is 46.2 Å². The van der Waals surface area contributed by atoms with Crippen molar-refractivity contribution in [1.82, 2.24) is 0 Å². The summed E-state index contributed by atoms with van der Waals surface area (Å²) >= 11 is 1.55. The molecule has 2 aromatic rings. The largest absolute Gasteiger partial charge is 0.507 e. The van der Waals surface area contributed by atoms with Gasteiger partial charge in [-0.25, -0.2) is 0 Å². The Morgan fingerprint density at radius 2 is 0.956 bits per heavy atom. The number of phenolic OH excluding ortho intramolecular Hbond substituents is 2. The quantitative estimate of drug-likeness (QED) is 0.157. The third-order valence-electron chi connectivity index (χ3n) is 7.85. The summed E-state index contributed by atoms with van der Waals surface area (Å²) in [7, 11) is 0. The minimum Gasteiger partial charge on any atom is -0.507 e. The second-order valence-electron chi connectivity index (χ2n) is 16.2. The summed E-state index contributed by atoms with van der Waals surface area (Å²) in [5.41, 5.74) is 4.95. The van der Waals surface area contributed by atoms with Crippen LogP contribution in [0.4, 0.5) is 0 Å². The molecule has 0 unspecified atom stereocenters. The highest BCUT2D eigenvalue weighted by Crippen LogP contribution is 2.37. The van der Waals surface area contributed by atoms with Gasteiger partial charge in [0.25, 0.3) is 0 Å². The van der Waals surface area contributed by atoms with E-state index < -0.39 is 0 Å². The lowest BCUT2D eigenvalue weighted by Crippen LogP contribution is -2.25. The van der Waals surface area contributed by atoms with Crippen LogP contribution in [0.2, 0.25) is 0 Å². The predicted octanol–water partition coefficient (Wildman–Crippen LogP) is 8.75. The third kappa shape index (κ3) is 12.6. The van der Waals surface area contributed by atoms with Crippen molar-refractivity contribution in [2.24, 2.45) is 10.8 Å². The minimum absolute atomic E-state index is 0.169. The highest BCUT2D eigenvalue weighted by Gasteiger charge is 2.26. The average molecular weight is 643 g/mol. The van der Waals surface area contributed by atoms with E-state index in [2.05, 4.69) is 81.4 Å². The van der Waals surface area contributed by atoms with Gasteiger partial charge in [0.1, 0.15) is 11.5 Å². The molecule has 252 valence electrons. The summed E-state index contributed by atoms with van der Waals surface area (Å²) in [4.78, 5) is 24.9. The molecule has 0 saturated heterocycles. The lowest BCUT2D eigenvalue weighted by atomic mass is 9.80. The van der Waals surface area contributed by atoms with Crippen molar-refractivity contribution >= 4 is 23.7 Å². The van der Waals surface area contributed by atoms with Crippen molar-refractivity contribution in [3.8, 4) is 11.5 Å². The Bertz CT molecular complexity index is 1230. The summed E-state index contributed by atoms with van der Waals surface area (Å²) in [6.07, 6.45) is 2.03. The molecule has 0 aromatic heterocycles. The lowest BCUT2D eigenvalue weighted by Gasteiger charge is -2.27. The number of hydrogen-bond acceptors (Lipinski definition) is 7. The summed E-state index contributed by atoms with van der Waals surface area (Å²) in [5, 5.41) is 21.1. The zero-order valence-corrected chi connectivity index (χ0v) is 30.7. The number of phenols is 2. The second-order valence-corrected chi connectivity index (χ2v) is 17.5. The lowest BCUT2D eigenvalue weighted by molar-refractivity contribution is -0.146. The number of ether oxygens (including phenoxy) is 2. The van der Waals surface area contributed by atoms with Crippen LogP contribution in [0.5, 0.6) is 11.5 Å². The molecule has 2 aromatic carbocycles. The standard InChI is InChI=1S/C38H58O6S/c1-25-17-27(19-29(33(25)41)35(3,4)5)21-37(9,10)23-43-31(39)13-15-45-16-14-32(40)44-24-38(11,12)22-28-18-26(2)34(42)30(20-28)36(6,7)8/h17-20,41-42H,13-16,21-24H2,1-12H3. The number of rotatable bonds is 14. The third-order valence-corrected chi connectivity index (χ3v) is 8.84. The van der Waals surface area contributed by atoms with E-state index in [1.807, 2.05) is 26.0 Å². The van der Waals surface area contributed by atoms with Crippen LogP contribution in [0.25, 0.3) is 0 Å². The molecule has 0 radical (unpaired) electrons. The Morgan fingerprint density at radius 1 is 0.622 bits per heavy atom. The summed E-state index contributed by atoms with van der Waals surface area (Å²) in [6, 6.07) is 8.15. The SMILES string of the molecule is Cc1cc(CC(C)(C)COC(=O)CCSCCC(=O)OCC(C)(C)Cc2cc(C)c(O)c(C(C)(C)C)c2)cc(C(C)(C)C)c1O. The van der Waals surface area contributed by atoms with Gasteiger partial charge in [-0.05, 0) is 70.9 Å². The molecule has 0 atom stereocenters. The van der Waals surface area contributed by atoms with Gasteiger partial charge in [-0.2, -0.15) is 11.8 Å². The van der Waals surface area contributed by atoms with Crippen molar-refractivity contribution in [2.75, 3.05) is 24.7 Å². The van der Waals surface area contributed by atoms with Gasteiger partial charge in [-0.1, -0.05) is 93.5 Å². The van der Waals surface area contributed by atoms with Crippen molar-refractivity contribution in [3.63, 3.8) is 0 Å². The fourth-order valence-corrected chi connectivity index (χ4v) is 6.20. The van der Waals surface area contributed by atoms with Gasteiger partial charge in [-0.15, -0.1) is 0 Å². The molecule has 0 aliphatic rings. The zero-order valence-electron chi connectivity index (χ0n) is 29.9. The summed E-state index contributed by atoms with van der Waals surface area (Å²) in [5.74, 6) is 1.38. The maximum Gasteiger partial charge on any atom is 0.306 e. The van der Waals surface area contributed by atoms with E-state index in [1.54, 1.807) is 11.8 Å². The van der Waals surface area contributed by atoms with Gasteiger partial charge in [-0.3, -0.25) is 9.59 Å². The first kappa shape index (κ1) is 38.5. The van der Waals surface area contributed by atoms with Crippen LogP contribution in [0.15, 0.2) is 24.3 Å². The molecular formula is C38H58O6S.